The zero-order valence-corrected chi connectivity index (χ0v) is 16.3. The first kappa shape index (κ1) is 31.8. The SMILES string of the molecule is NC(=O)CC[C@H](N)C(=O)O.NCC(=O)O.N[C@@H](CO)C(=O)O.O=C(O)[C@@H]1CCCN1. The Balaban J connectivity index is -0.000000333. The zero-order valence-electron chi connectivity index (χ0n) is 16.3. The maximum atomic E-state index is 10.1. The molecule has 0 saturated carbocycles. The topological polar surface area (TPSA) is 303 Å². The quantitative estimate of drug-likeness (QED) is 0.171. The minimum absolute atomic E-state index is 0.0213. The molecule has 1 amide bonds. The van der Waals surface area contributed by atoms with Gasteiger partial charge >= 0.3 is 23.9 Å². The summed E-state index contributed by atoms with van der Waals surface area (Å²) in [7, 11) is 0. The number of aliphatic hydroxyl groups is 1. The average Bonchev–Trinajstić information content (AvgIpc) is 3.21. The number of amides is 1. The van der Waals surface area contributed by atoms with Crippen molar-refractivity contribution in [3.63, 3.8) is 0 Å². The second kappa shape index (κ2) is 19.5. The molecule has 15 nitrogen and oxygen atoms in total. The van der Waals surface area contributed by atoms with Crippen LogP contribution in [0.5, 0.6) is 0 Å². The van der Waals surface area contributed by atoms with Gasteiger partial charge in [0.1, 0.15) is 18.1 Å². The Hall–Kier alpha value is -2.85. The van der Waals surface area contributed by atoms with Crippen LogP contribution in [0.2, 0.25) is 0 Å². The highest BCUT2D eigenvalue weighted by Gasteiger charge is 2.20. The molecule has 14 N–H and O–H groups in total. The zero-order chi connectivity index (χ0) is 24.3. The van der Waals surface area contributed by atoms with E-state index in [1.807, 2.05) is 0 Å². The summed E-state index contributed by atoms with van der Waals surface area (Å²) in [5.41, 5.74) is 19.1. The van der Waals surface area contributed by atoms with Crippen LogP contribution in [0.15, 0.2) is 0 Å². The number of aliphatic hydroxyl groups excluding tert-OH is 1. The molecule has 0 unspecified atom stereocenters. The van der Waals surface area contributed by atoms with Gasteiger partial charge in [0.15, 0.2) is 0 Å². The van der Waals surface area contributed by atoms with E-state index in [1.165, 1.54) is 0 Å². The van der Waals surface area contributed by atoms with Gasteiger partial charge in [-0.2, -0.15) is 0 Å². The van der Waals surface area contributed by atoms with E-state index in [2.05, 4.69) is 11.1 Å². The fraction of sp³-hybridized carbons (Fsp3) is 0.667. The Labute approximate surface area is 172 Å². The van der Waals surface area contributed by atoms with Gasteiger partial charge in [0.25, 0.3) is 0 Å². The molecule has 15 heteroatoms. The van der Waals surface area contributed by atoms with E-state index in [-0.39, 0.29) is 25.4 Å². The number of primary amides is 1. The minimum Gasteiger partial charge on any atom is -0.480 e. The number of rotatable bonds is 8. The Bertz CT molecular complexity index is 540. The molecular formula is C15H31N5O10. The molecule has 0 bridgehead atoms. The van der Waals surface area contributed by atoms with Gasteiger partial charge in [0, 0.05) is 6.42 Å². The normalized spacial score (nSPS) is 16.1. The van der Waals surface area contributed by atoms with E-state index in [1.54, 1.807) is 0 Å². The summed E-state index contributed by atoms with van der Waals surface area (Å²) in [6.45, 7) is 0.0757. The molecule has 30 heavy (non-hydrogen) atoms. The van der Waals surface area contributed by atoms with Crippen LogP contribution in [0.25, 0.3) is 0 Å². The smallest absolute Gasteiger partial charge is 0.322 e. The highest BCUT2D eigenvalue weighted by atomic mass is 16.4. The first-order valence-electron chi connectivity index (χ1n) is 8.53. The number of nitrogens with two attached hydrogens (primary N) is 4. The predicted molar refractivity (Wildman–Crippen MR) is 102 cm³/mol. The molecule has 0 aliphatic carbocycles. The van der Waals surface area contributed by atoms with Gasteiger partial charge in [0.2, 0.25) is 5.91 Å². The van der Waals surface area contributed by atoms with Crippen LogP contribution >= 0.6 is 0 Å². The van der Waals surface area contributed by atoms with E-state index in [0.29, 0.717) is 0 Å². The standard InChI is InChI=1S/C5H10N2O3.C5H9NO2.C3H7NO3.C2H5NO2/c6-3(5(9)10)1-2-4(7)8;7-5(8)4-2-1-3-6-4;4-2(1-5)3(6)7;3-1-2(4)5/h3H,1-2,6H2,(H2,7,8)(H,9,10);4,6H,1-3H2,(H,7,8);2,5H,1,4H2,(H,6,7);1,3H2,(H,4,5)/t3-;4-;2-;/m000./s1. The molecule has 1 aliphatic heterocycles. The summed E-state index contributed by atoms with van der Waals surface area (Å²) in [5, 5.41) is 42.9. The highest BCUT2D eigenvalue weighted by Crippen LogP contribution is 2.03. The van der Waals surface area contributed by atoms with Crippen LogP contribution in [-0.4, -0.2) is 93.1 Å². The van der Waals surface area contributed by atoms with E-state index in [9.17, 15) is 24.0 Å². The summed E-state index contributed by atoms with van der Waals surface area (Å²) in [6, 6.07) is -2.37. The van der Waals surface area contributed by atoms with Crippen molar-refractivity contribution in [1.29, 1.82) is 0 Å². The van der Waals surface area contributed by atoms with Crippen LogP contribution < -0.4 is 28.3 Å². The molecular weight excluding hydrogens is 410 g/mol. The van der Waals surface area contributed by atoms with E-state index >= 15 is 0 Å². The van der Waals surface area contributed by atoms with Gasteiger partial charge in [-0.15, -0.1) is 0 Å². The molecule has 0 spiro atoms. The molecule has 0 aromatic rings. The lowest BCUT2D eigenvalue weighted by Gasteiger charge is -2.01. The van der Waals surface area contributed by atoms with Crippen LogP contribution in [-0.2, 0) is 24.0 Å². The van der Waals surface area contributed by atoms with Crippen molar-refractivity contribution in [2.75, 3.05) is 19.7 Å². The lowest BCUT2D eigenvalue weighted by atomic mass is 10.2. The maximum absolute atomic E-state index is 10.1. The molecule has 1 aliphatic rings. The maximum Gasteiger partial charge on any atom is 0.322 e. The monoisotopic (exact) mass is 441 g/mol. The van der Waals surface area contributed by atoms with Crippen LogP contribution in [0.3, 0.4) is 0 Å². The average molecular weight is 441 g/mol. The number of carbonyl (C=O) groups is 5. The first-order chi connectivity index (χ1) is 13.8. The minimum atomic E-state index is -1.18. The van der Waals surface area contributed by atoms with E-state index in [0.717, 1.165) is 19.4 Å². The molecule has 1 fully saturated rings. The van der Waals surface area contributed by atoms with Gasteiger partial charge in [0.05, 0.1) is 13.2 Å². The third-order valence-electron chi connectivity index (χ3n) is 3.07. The number of nitrogens with one attached hydrogen (secondary N) is 1. The van der Waals surface area contributed by atoms with Crippen molar-refractivity contribution in [1.82, 2.24) is 5.32 Å². The third kappa shape index (κ3) is 23.2. The fourth-order valence-corrected chi connectivity index (χ4v) is 1.39. The molecule has 1 rings (SSSR count). The molecule has 0 aromatic carbocycles. The number of hydrogen-bond acceptors (Lipinski definition) is 10. The molecule has 1 heterocycles. The number of carboxylic acid groups (broad SMARTS) is 4. The Morgan fingerprint density at radius 2 is 1.43 bits per heavy atom. The van der Waals surface area contributed by atoms with Crippen LogP contribution in [0, 0.1) is 0 Å². The number of carbonyl (C=O) groups excluding carboxylic acids is 1. The van der Waals surface area contributed by atoms with Crippen molar-refractivity contribution in [2.45, 2.75) is 43.8 Å². The number of hydrogen-bond donors (Lipinski definition) is 10. The van der Waals surface area contributed by atoms with Gasteiger partial charge < -0.3 is 53.8 Å². The number of aliphatic carboxylic acids is 4. The molecule has 0 radical (unpaired) electrons. The Morgan fingerprint density at radius 3 is 1.60 bits per heavy atom. The second-order valence-corrected chi connectivity index (χ2v) is 5.66. The Kier molecular flexibility index (Phi) is 20.7. The molecule has 176 valence electrons. The fourth-order valence-electron chi connectivity index (χ4n) is 1.39. The molecule has 1 saturated heterocycles. The van der Waals surface area contributed by atoms with Gasteiger partial charge in [-0.05, 0) is 25.8 Å². The summed E-state index contributed by atoms with van der Waals surface area (Å²) in [6.07, 6.45) is 1.91. The number of carboxylic acids is 4. The molecule has 0 aromatic heterocycles. The van der Waals surface area contributed by atoms with Gasteiger partial charge in [-0.3, -0.25) is 24.0 Å². The summed E-state index contributed by atoms with van der Waals surface area (Å²) >= 11 is 0. The highest BCUT2D eigenvalue weighted by molar-refractivity contribution is 5.77. The van der Waals surface area contributed by atoms with Crippen LogP contribution in [0.1, 0.15) is 25.7 Å². The van der Waals surface area contributed by atoms with Crippen molar-refractivity contribution in [2.24, 2.45) is 22.9 Å². The van der Waals surface area contributed by atoms with Crippen molar-refractivity contribution >= 4 is 29.8 Å². The van der Waals surface area contributed by atoms with Gasteiger partial charge in [-0.25, -0.2) is 0 Å². The van der Waals surface area contributed by atoms with Crippen molar-refractivity contribution in [3.8, 4) is 0 Å². The predicted octanol–water partition coefficient (Wildman–Crippen LogP) is -4.09. The van der Waals surface area contributed by atoms with E-state index in [4.69, 9.17) is 42.7 Å². The summed E-state index contributed by atoms with van der Waals surface area (Å²) < 4.78 is 0. The first-order valence-corrected chi connectivity index (χ1v) is 8.53. The molecule has 3 atom stereocenters. The van der Waals surface area contributed by atoms with Gasteiger partial charge in [-0.1, -0.05) is 0 Å². The van der Waals surface area contributed by atoms with Crippen LogP contribution in [0.4, 0.5) is 0 Å². The third-order valence-corrected chi connectivity index (χ3v) is 3.07. The van der Waals surface area contributed by atoms with Crippen molar-refractivity contribution in [3.05, 3.63) is 0 Å². The lowest BCUT2D eigenvalue weighted by Crippen LogP contribution is -2.33. The second-order valence-electron chi connectivity index (χ2n) is 5.66. The summed E-state index contributed by atoms with van der Waals surface area (Å²) in [4.78, 5) is 49.2. The summed E-state index contributed by atoms with van der Waals surface area (Å²) in [5.74, 6) is -4.51. The lowest BCUT2D eigenvalue weighted by molar-refractivity contribution is -0.140. The largest absolute Gasteiger partial charge is 0.480 e. The van der Waals surface area contributed by atoms with Crippen molar-refractivity contribution < 1.29 is 49.5 Å². The Morgan fingerprint density at radius 1 is 0.967 bits per heavy atom. The van der Waals surface area contributed by atoms with E-state index < -0.39 is 48.5 Å².